The number of benzene rings is 1. The van der Waals surface area contributed by atoms with E-state index in [2.05, 4.69) is 0 Å². The van der Waals surface area contributed by atoms with Gasteiger partial charge in [0.1, 0.15) is 0 Å². The first kappa shape index (κ1) is 11.0. The van der Waals surface area contributed by atoms with Gasteiger partial charge in [0.05, 0.1) is 4.90 Å². The number of amides is 1. The third-order valence-electron chi connectivity index (χ3n) is 3.35. The summed E-state index contributed by atoms with van der Waals surface area (Å²) in [5.41, 5.74) is 0.742. The van der Waals surface area contributed by atoms with Gasteiger partial charge in [-0.15, -0.1) is 0 Å². The molecule has 17 heavy (non-hydrogen) atoms. The Kier molecular flexibility index (Phi) is 2.25. The lowest BCUT2D eigenvalue weighted by Crippen LogP contribution is -2.27. The fourth-order valence-corrected chi connectivity index (χ4v) is 3.07. The van der Waals surface area contributed by atoms with Crippen molar-refractivity contribution in [2.24, 2.45) is 11.8 Å². The molecule has 0 N–H and O–H groups in total. The van der Waals surface area contributed by atoms with E-state index in [9.17, 15) is 13.2 Å². The summed E-state index contributed by atoms with van der Waals surface area (Å²) in [6.07, 6.45) is 1.00. The Bertz CT molecular complexity index is 581. The van der Waals surface area contributed by atoms with E-state index in [0.717, 1.165) is 18.7 Å². The Morgan fingerprint density at radius 2 is 1.88 bits per heavy atom. The summed E-state index contributed by atoms with van der Waals surface area (Å²) >= 11 is 0. The highest BCUT2D eigenvalue weighted by Gasteiger charge is 2.52. The quantitative estimate of drug-likeness (QED) is 0.768. The maximum absolute atomic E-state index is 11.8. The highest BCUT2D eigenvalue weighted by molar-refractivity contribution is 8.13. The van der Waals surface area contributed by atoms with Crippen molar-refractivity contribution >= 4 is 31.3 Å². The summed E-state index contributed by atoms with van der Waals surface area (Å²) in [7, 11) is 1.53. The third-order valence-corrected chi connectivity index (χ3v) is 4.72. The minimum Gasteiger partial charge on any atom is -0.312 e. The molecule has 1 saturated carbocycles. The summed E-state index contributed by atoms with van der Waals surface area (Å²) in [5, 5.41) is 0. The lowest BCUT2D eigenvalue weighted by atomic mass is 10.3. The molecule has 0 bridgehead atoms. The van der Waals surface area contributed by atoms with Gasteiger partial charge < -0.3 is 4.90 Å². The second-order valence-corrected chi connectivity index (χ2v) is 7.05. The molecule has 6 heteroatoms. The van der Waals surface area contributed by atoms with E-state index in [1.165, 1.54) is 12.1 Å². The molecule has 1 aliphatic heterocycles. The number of hydrogen-bond acceptors (Lipinski definition) is 3. The number of nitrogens with zero attached hydrogens (tertiary/aromatic N) is 1. The van der Waals surface area contributed by atoms with E-state index in [1.807, 2.05) is 0 Å². The first-order valence-electron chi connectivity index (χ1n) is 5.33. The molecule has 1 aromatic carbocycles. The van der Waals surface area contributed by atoms with Crippen LogP contribution in [0, 0.1) is 11.8 Å². The fourth-order valence-electron chi connectivity index (χ4n) is 2.30. The minimum atomic E-state index is -3.69. The SMILES string of the molecule is O=C1C2CC2CN1c1ccc(S(=O)(=O)Cl)cc1. The van der Waals surface area contributed by atoms with Crippen LogP contribution in [0.25, 0.3) is 0 Å². The number of halogens is 1. The Labute approximate surface area is 104 Å². The highest BCUT2D eigenvalue weighted by Crippen LogP contribution is 2.47. The molecule has 0 radical (unpaired) electrons. The van der Waals surface area contributed by atoms with Crippen LogP contribution in [-0.4, -0.2) is 20.9 Å². The average Bonchev–Trinajstić information content (AvgIpc) is 2.97. The Balaban J connectivity index is 1.88. The zero-order chi connectivity index (χ0) is 12.2. The second kappa shape index (κ2) is 3.46. The summed E-state index contributed by atoms with van der Waals surface area (Å²) in [4.78, 5) is 13.6. The largest absolute Gasteiger partial charge is 0.312 e. The van der Waals surface area contributed by atoms with Gasteiger partial charge in [0.25, 0.3) is 9.05 Å². The van der Waals surface area contributed by atoms with Gasteiger partial charge in [0, 0.05) is 28.8 Å². The van der Waals surface area contributed by atoms with Crippen molar-refractivity contribution in [1.82, 2.24) is 0 Å². The predicted octanol–water partition coefficient (Wildman–Crippen LogP) is 1.60. The molecule has 1 aliphatic carbocycles. The molecule has 1 saturated heterocycles. The van der Waals surface area contributed by atoms with E-state index >= 15 is 0 Å². The van der Waals surface area contributed by atoms with Gasteiger partial charge in [-0.2, -0.15) is 0 Å². The summed E-state index contributed by atoms with van der Waals surface area (Å²) < 4.78 is 22.1. The van der Waals surface area contributed by atoms with Gasteiger partial charge in [-0.05, 0) is 36.6 Å². The molecule has 1 amide bonds. The van der Waals surface area contributed by atoms with Crippen molar-refractivity contribution in [3.8, 4) is 0 Å². The monoisotopic (exact) mass is 271 g/mol. The lowest BCUT2D eigenvalue weighted by Gasteiger charge is -2.18. The fraction of sp³-hybridized carbons (Fsp3) is 0.364. The number of hydrogen-bond donors (Lipinski definition) is 0. The van der Waals surface area contributed by atoms with Crippen LogP contribution in [0.3, 0.4) is 0 Å². The molecule has 4 nitrogen and oxygen atoms in total. The van der Waals surface area contributed by atoms with Crippen LogP contribution in [0.4, 0.5) is 5.69 Å². The number of carbonyl (C=O) groups is 1. The Hall–Kier alpha value is -1.07. The maximum Gasteiger partial charge on any atom is 0.261 e. The number of fused-ring (bicyclic) bond motifs is 1. The molecule has 1 aromatic rings. The van der Waals surface area contributed by atoms with Gasteiger partial charge in [-0.3, -0.25) is 4.79 Å². The zero-order valence-corrected chi connectivity index (χ0v) is 10.4. The van der Waals surface area contributed by atoms with Gasteiger partial charge in [0.2, 0.25) is 5.91 Å². The maximum atomic E-state index is 11.8. The van der Waals surface area contributed by atoms with Crippen molar-refractivity contribution < 1.29 is 13.2 Å². The van der Waals surface area contributed by atoms with Crippen molar-refractivity contribution in [2.45, 2.75) is 11.3 Å². The molecule has 0 aromatic heterocycles. The van der Waals surface area contributed by atoms with Crippen LogP contribution in [0.15, 0.2) is 29.2 Å². The molecule has 0 spiro atoms. The van der Waals surface area contributed by atoms with Crippen LogP contribution in [-0.2, 0) is 13.8 Å². The van der Waals surface area contributed by atoms with E-state index in [-0.39, 0.29) is 16.7 Å². The molecule has 2 unspecified atom stereocenters. The van der Waals surface area contributed by atoms with Gasteiger partial charge in [-0.1, -0.05) is 0 Å². The van der Waals surface area contributed by atoms with Crippen molar-refractivity contribution in [1.29, 1.82) is 0 Å². The summed E-state index contributed by atoms with van der Waals surface area (Å²) in [5.74, 6) is 0.849. The van der Waals surface area contributed by atoms with Crippen LogP contribution in [0.1, 0.15) is 6.42 Å². The van der Waals surface area contributed by atoms with E-state index in [4.69, 9.17) is 10.7 Å². The predicted molar refractivity (Wildman–Crippen MR) is 63.4 cm³/mol. The zero-order valence-electron chi connectivity index (χ0n) is 8.84. The number of carbonyl (C=O) groups excluding carboxylic acids is 1. The standard InChI is InChI=1S/C11H10ClNO3S/c12-17(15,16)9-3-1-8(2-4-9)13-6-7-5-10(7)11(13)14/h1-4,7,10H,5-6H2. The van der Waals surface area contributed by atoms with E-state index < -0.39 is 9.05 Å². The first-order valence-corrected chi connectivity index (χ1v) is 7.64. The summed E-state index contributed by atoms with van der Waals surface area (Å²) in [6.45, 7) is 0.746. The number of anilines is 1. The molecule has 2 aliphatic rings. The molecular formula is C11H10ClNO3S. The van der Waals surface area contributed by atoms with Crippen LogP contribution in [0.2, 0.25) is 0 Å². The molecule has 1 heterocycles. The molecular weight excluding hydrogens is 262 g/mol. The first-order chi connectivity index (χ1) is 7.97. The van der Waals surface area contributed by atoms with E-state index in [1.54, 1.807) is 17.0 Å². The van der Waals surface area contributed by atoms with Crippen molar-refractivity contribution in [3.63, 3.8) is 0 Å². The Morgan fingerprint density at radius 1 is 1.24 bits per heavy atom. The molecule has 2 atom stereocenters. The third kappa shape index (κ3) is 1.83. The smallest absolute Gasteiger partial charge is 0.261 e. The molecule has 3 rings (SSSR count). The number of piperidine rings is 1. The topological polar surface area (TPSA) is 54.5 Å². The highest BCUT2D eigenvalue weighted by atomic mass is 35.7. The lowest BCUT2D eigenvalue weighted by molar-refractivity contribution is -0.118. The average molecular weight is 272 g/mol. The van der Waals surface area contributed by atoms with Gasteiger partial charge in [0.15, 0.2) is 0 Å². The molecule has 90 valence electrons. The summed E-state index contributed by atoms with van der Waals surface area (Å²) in [6, 6.07) is 6.10. The van der Waals surface area contributed by atoms with Crippen LogP contribution >= 0.6 is 10.7 Å². The van der Waals surface area contributed by atoms with Crippen molar-refractivity contribution in [2.75, 3.05) is 11.4 Å². The van der Waals surface area contributed by atoms with Gasteiger partial charge >= 0.3 is 0 Å². The minimum absolute atomic E-state index is 0.0553. The Morgan fingerprint density at radius 3 is 2.35 bits per heavy atom. The van der Waals surface area contributed by atoms with Crippen molar-refractivity contribution in [3.05, 3.63) is 24.3 Å². The van der Waals surface area contributed by atoms with Crippen LogP contribution < -0.4 is 4.90 Å². The number of rotatable bonds is 2. The normalized spacial score (nSPS) is 27.1. The van der Waals surface area contributed by atoms with E-state index in [0.29, 0.717) is 5.92 Å². The molecule has 2 fully saturated rings. The van der Waals surface area contributed by atoms with Crippen LogP contribution in [0.5, 0.6) is 0 Å². The van der Waals surface area contributed by atoms with Gasteiger partial charge in [-0.25, -0.2) is 8.42 Å². The second-order valence-electron chi connectivity index (χ2n) is 4.48.